The molecule has 0 amide bonds. The van der Waals surface area contributed by atoms with Gasteiger partial charge in [-0.05, 0) is 29.7 Å². The summed E-state index contributed by atoms with van der Waals surface area (Å²) in [5.41, 5.74) is 2.24. The molecule has 0 radical (unpaired) electrons. The second kappa shape index (κ2) is 6.08. The van der Waals surface area contributed by atoms with Gasteiger partial charge < -0.3 is 4.98 Å². The van der Waals surface area contributed by atoms with Crippen molar-refractivity contribution in [1.29, 1.82) is 0 Å². The molecule has 2 N–H and O–H groups in total. The summed E-state index contributed by atoms with van der Waals surface area (Å²) >= 11 is 0. The highest BCUT2D eigenvalue weighted by Gasteiger charge is 2.14. The predicted octanol–water partition coefficient (Wildman–Crippen LogP) is 4.10. The number of halogens is 2. The fourth-order valence-electron chi connectivity index (χ4n) is 2.20. The Balaban J connectivity index is 1.94. The summed E-state index contributed by atoms with van der Waals surface area (Å²) in [7, 11) is -1.85. The van der Waals surface area contributed by atoms with Gasteiger partial charge in [0.1, 0.15) is 17.3 Å². The molecule has 2 heterocycles. The molecule has 120 valence electrons. The van der Waals surface area contributed by atoms with E-state index in [1.807, 2.05) is 6.07 Å². The number of fused-ring (bicyclic) bond motifs is 1. The molecule has 4 nitrogen and oxygen atoms in total. The lowest BCUT2D eigenvalue weighted by molar-refractivity contribution is 0.562. The van der Waals surface area contributed by atoms with E-state index in [2.05, 4.69) is 28.5 Å². The van der Waals surface area contributed by atoms with Crippen molar-refractivity contribution in [3.63, 3.8) is 0 Å². The van der Waals surface area contributed by atoms with Crippen molar-refractivity contribution in [3.05, 3.63) is 53.9 Å². The molecule has 0 bridgehead atoms. The van der Waals surface area contributed by atoms with Gasteiger partial charge in [-0.15, -0.1) is 0 Å². The number of aromatic amines is 1. The maximum absolute atomic E-state index is 13.7. The molecular weight excluding hydrogens is 320 g/mol. The van der Waals surface area contributed by atoms with Gasteiger partial charge in [0.15, 0.2) is 11.0 Å². The lowest BCUT2D eigenvalue weighted by Gasteiger charge is -2.08. The van der Waals surface area contributed by atoms with Gasteiger partial charge in [0.2, 0.25) is 0 Å². The van der Waals surface area contributed by atoms with Gasteiger partial charge in [-0.2, -0.15) is 0 Å². The average Bonchev–Trinajstić information content (AvgIpc) is 2.89. The smallest absolute Gasteiger partial charge is 0.153 e. The van der Waals surface area contributed by atoms with Gasteiger partial charge in [-0.25, -0.2) is 18.0 Å². The van der Waals surface area contributed by atoms with Crippen LogP contribution in [0.1, 0.15) is 25.3 Å². The number of hydrogen-bond acceptors (Lipinski definition) is 2. The van der Waals surface area contributed by atoms with Crippen molar-refractivity contribution in [2.75, 3.05) is 4.72 Å². The average molecular weight is 335 g/mol. The van der Waals surface area contributed by atoms with Gasteiger partial charge in [0.05, 0.1) is 10.6 Å². The van der Waals surface area contributed by atoms with E-state index in [-0.39, 0.29) is 4.90 Å². The summed E-state index contributed by atoms with van der Waals surface area (Å²) in [6.07, 6.45) is 3.41. The molecule has 1 aromatic carbocycles. The molecule has 3 aromatic rings. The lowest BCUT2D eigenvalue weighted by Crippen LogP contribution is -2.06. The Labute approximate surface area is 134 Å². The first kappa shape index (κ1) is 15.6. The zero-order chi connectivity index (χ0) is 16.6. The molecule has 7 heteroatoms. The van der Waals surface area contributed by atoms with Crippen molar-refractivity contribution < 1.29 is 13.0 Å². The molecule has 0 aliphatic carbocycles. The predicted molar refractivity (Wildman–Crippen MR) is 86.6 cm³/mol. The van der Waals surface area contributed by atoms with E-state index >= 15 is 0 Å². The third kappa shape index (κ3) is 3.10. The summed E-state index contributed by atoms with van der Waals surface area (Å²) in [4.78, 5) is 7.18. The van der Waals surface area contributed by atoms with E-state index in [9.17, 15) is 13.0 Å². The normalized spacial score (nSPS) is 12.7. The van der Waals surface area contributed by atoms with Gasteiger partial charge in [-0.1, -0.05) is 13.8 Å². The van der Waals surface area contributed by atoms with Crippen LogP contribution in [-0.4, -0.2) is 14.2 Å². The van der Waals surface area contributed by atoms with E-state index in [1.54, 1.807) is 12.4 Å². The molecule has 0 saturated heterocycles. The SMILES string of the molecule is CC(C)c1cnc2[nH]cc(NS(=O)c3ccc(F)cc3F)c2c1. The standard InChI is InChI=1S/C16H15F2N3OS/c1-9(2)10-5-12-14(8-20-16(12)19-7-10)21-23(22)15-4-3-11(17)6-13(15)18/h3-9,21H,1-2H3,(H,19,20). The second-order valence-corrected chi connectivity index (χ2v) is 6.65. The van der Waals surface area contributed by atoms with Crippen molar-refractivity contribution in [2.24, 2.45) is 0 Å². The minimum absolute atomic E-state index is 0.103. The summed E-state index contributed by atoms with van der Waals surface area (Å²) < 4.78 is 41.7. The number of hydrogen-bond donors (Lipinski definition) is 2. The molecule has 0 spiro atoms. The number of nitrogens with zero attached hydrogens (tertiary/aromatic N) is 1. The summed E-state index contributed by atoms with van der Waals surface area (Å²) in [6, 6.07) is 4.90. The van der Waals surface area contributed by atoms with Crippen LogP contribution >= 0.6 is 0 Å². The van der Waals surface area contributed by atoms with Crippen LogP contribution in [0.4, 0.5) is 14.5 Å². The van der Waals surface area contributed by atoms with Crippen LogP contribution in [-0.2, 0) is 11.0 Å². The minimum atomic E-state index is -1.85. The molecule has 1 unspecified atom stereocenters. The van der Waals surface area contributed by atoms with Gasteiger partial charge in [0.25, 0.3) is 0 Å². The zero-order valence-corrected chi connectivity index (χ0v) is 13.4. The molecule has 0 saturated carbocycles. The van der Waals surface area contributed by atoms with Crippen molar-refractivity contribution >= 4 is 27.7 Å². The molecular formula is C16H15F2N3OS. The number of H-pyrrole nitrogens is 1. The Morgan fingerprint density at radius 2 is 2.04 bits per heavy atom. The second-order valence-electron chi connectivity index (χ2n) is 5.47. The van der Waals surface area contributed by atoms with E-state index in [1.165, 1.54) is 6.07 Å². The van der Waals surface area contributed by atoms with E-state index in [4.69, 9.17) is 0 Å². The monoisotopic (exact) mass is 335 g/mol. The number of aromatic nitrogens is 2. The van der Waals surface area contributed by atoms with Crippen LogP contribution in [0.15, 0.2) is 41.6 Å². The summed E-state index contributed by atoms with van der Waals surface area (Å²) in [6.45, 7) is 4.10. The Bertz CT molecular complexity index is 892. The quantitative estimate of drug-likeness (QED) is 0.754. The maximum atomic E-state index is 13.7. The van der Waals surface area contributed by atoms with E-state index in [0.717, 1.165) is 17.0 Å². The highest BCUT2D eigenvalue weighted by atomic mass is 32.2. The molecule has 0 aliphatic heterocycles. The van der Waals surface area contributed by atoms with Gasteiger partial charge in [0, 0.05) is 23.8 Å². The van der Waals surface area contributed by atoms with E-state index in [0.29, 0.717) is 23.3 Å². The number of benzene rings is 1. The third-order valence-corrected chi connectivity index (χ3v) is 4.65. The van der Waals surface area contributed by atoms with Crippen LogP contribution in [0.2, 0.25) is 0 Å². The van der Waals surface area contributed by atoms with E-state index < -0.39 is 22.6 Å². The first-order valence-corrected chi connectivity index (χ1v) is 8.21. The minimum Gasteiger partial charge on any atom is -0.344 e. The highest BCUT2D eigenvalue weighted by molar-refractivity contribution is 7.86. The fraction of sp³-hybridized carbons (Fsp3) is 0.188. The summed E-state index contributed by atoms with van der Waals surface area (Å²) in [5.74, 6) is -1.26. The molecule has 1 atom stereocenters. The Morgan fingerprint density at radius 3 is 2.74 bits per heavy atom. The van der Waals surface area contributed by atoms with Crippen LogP contribution < -0.4 is 4.72 Å². The van der Waals surface area contributed by atoms with Crippen molar-refractivity contribution in [2.45, 2.75) is 24.7 Å². The third-order valence-electron chi connectivity index (χ3n) is 3.52. The number of anilines is 1. The van der Waals surface area contributed by atoms with Crippen molar-refractivity contribution in [1.82, 2.24) is 9.97 Å². The van der Waals surface area contributed by atoms with Crippen molar-refractivity contribution in [3.8, 4) is 0 Å². The lowest BCUT2D eigenvalue weighted by atomic mass is 10.0. The molecule has 23 heavy (non-hydrogen) atoms. The largest absolute Gasteiger partial charge is 0.344 e. The van der Waals surface area contributed by atoms with Crippen LogP contribution in [0, 0.1) is 11.6 Å². The summed E-state index contributed by atoms with van der Waals surface area (Å²) in [5, 5.41) is 0.770. The first-order valence-electron chi connectivity index (χ1n) is 7.06. The van der Waals surface area contributed by atoms with Crippen LogP contribution in [0.3, 0.4) is 0 Å². The highest BCUT2D eigenvalue weighted by Crippen LogP contribution is 2.27. The number of pyridine rings is 1. The van der Waals surface area contributed by atoms with Gasteiger partial charge >= 0.3 is 0 Å². The Morgan fingerprint density at radius 1 is 1.26 bits per heavy atom. The molecule has 3 rings (SSSR count). The fourth-order valence-corrected chi connectivity index (χ4v) is 3.11. The zero-order valence-electron chi connectivity index (χ0n) is 12.6. The maximum Gasteiger partial charge on any atom is 0.153 e. The van der Waals surface area contributed by atoms with Gasteiger partial charge in [-0.3, -0.25) is 4.72 Å². The topological polar surface area (TPSA) is 57.8 Å². The molecule has 2 aromatic heterocycles. The Hall–Kier alpha value is -2.28. The van der Waals surface area contributed by atoms with Crippen LogP contribution in [0.25, 0.3) is 11.0 Å². The molecule has 0 fully saturated rings. The van der Waals surface area contributed by atoms with Crippen LogP contribution in [0.5, 0.6) is 0 Å². The first-order chi connectivity index (χ1) is 11.0. The Kier molecular flexibility index (Phi) is 4.12. The molecule has 0 aliphatic rings. The number of nitrogens with one attached hydrogen (secondary N) is 2. The number of rotatable bonds is 4.